The van der Waals surface area contributed by atoms with Crippen molar-refractivity contribution in [1.29, 1.82) is 0 Å². The van der Waals surface area contributed by atoms with E-state index < -0.39 is 6.10 Å². The fraction of sp³-hybridized carbons (Fsp3) is 0.949. The predicted molar refractivity (Wildman–Crippen MR) is 187 cm³/mol. The second-order valence-corrected chi connectivity index (χ2v) is 13.4. The summed E-state index contributed by atoms with van der Waals surface area (Å²) in [6.07, 6.45) is 39.3. The zero-order valence-electron chi connectivity index (χ0n) is 29.7. The molecule has 0 spiro atoms. The third-order valence-electron chi connectivity index (χ3n) is 8.84. The van der Waals surface area contributed by atoms with Gasteiger partial charge >= 0.3 is 11.9 Å². The number of carbonyl (C=O) groups excluding carboxylic acids is 2. The lowest BCUT2D eigenvalue weighted by Crippen LogP contribution is -2.25. The monoisotopic (exact) mass is 625 g/mol. The Bertz CT molecular complexity index is 593. The van der Waals surface area contributed by atoms with Gasteiger partial charge in [0.05, 0.1) is 0 Å². The van der Waals surface area contributed by atoms with Crippen LogP contribution in [0.1, 0.15) is 219 Å². The summed E-state index contributed by atoms with van der Waals surface area (Å²) in [5.41, 5.74) is 0. The fourth-order valence-corrected chi connectivity index (χ4v) is 5.85. The first-order valence-corrected chi connectivity index (χ1v) is 19.6. The van der Waals surface area contributed by atoms with E-state index in [0.717, 1.165) is 32.1 Å². The Morgan fingerprint density at radius 3 is 0.818 bits per heavy atom. The van der Waals surface area contributed by atoms with E-state index in [-0.39, 0.29) is 25.2 Å². The van der Waals surface area contributed by atoms with Crippen LogP contribution >= 0.6 is 0 Å². The maximum absolute atomic E-state index is 11.9. The molecule has 0 aromatic carbocycles. The molecule has 0 aromatic heterocycles. The average molecular weight is 625 g/mol. The van der Waals surface area contributed by atoms with Gasteiger partial charge in [-0.05, 0) is 12.8 Å². The topological polar surface area (TPSA) is 72.8 Å². The molecule has 44 heavy (non-hydrogen) atoms. The highest BCUT2D eigenvalue weighted by molar-refractivity contribution is 5.69. The van der Waals surface area contributed by atoms with Crippen molar-refractivity contribution in [3.8, 4) is 0 Å². The van der Waals surface area contributed by atoms with Crippen LogP contribution in [0.15, 0.2) is 0 Å². The van der Waals surface area contributed by atoms with Gasteiger partial charge in [-0.15, -0.1) is 0 Å². The van der Waals surface area contributed by atoms with E-state index in [1.54, 1.807) is 0 Å². The molecular weight excluding hydrogens is 548 g/mol. The zero-order chi connectivity index (χ0) is 32.2. The molecule has 1 N–H and O–H groups in total. The van der Waals surface area contributed by atoms with Crippen LogP contribution in [0, 0.1) is 0 Å². The highest BCUT2D eigenvalue weighted by atomic mass is 16.6. The van der Waals surface area contributed by atoms with Crippen LogP contribution in [0.3, 0.4) is 0 Å². The van der Waals surface area contributed by atoms with E-state index in [0.29, 0.717) is 12.8 Å². The molecule has 1 atom stereocenters. The van der Waals surface area contributed by atoms with Gasteiger partial charge in [0, 0.05) is 12.8 Å². The number of aliphatic hydroxyl groups is 1. The van der Waals surface area contributed by atoms with Gasteiger partial charge in [0.15, 0.2) is 0 Å². The summed E-state index contributed by atoms with van der Waals surface area (Å²) < 4.78 is 10.2. The van der Waals surface area contributed by atoms with Gasteiger partial charge in [0.2, 0.25) is 0 Å². The van der Waals surface area contributed by atoms with Crippen LogP contribution < -0.4 is 0 Å². The molecule has 0 saturated heterocycles. The summed E-state index contributed by atoms with van der Waals surface area (Å²) in [6, 6.07) is 0. The Morgan fingerprint density at radius 1 is 0.386 bits per heavy atom. The first-order chi connectivity index (χ1) is 21.6. The molecule has 1 unspecified atom stereocenters. The average Bonchev–Trinajstić information content (AvgIpc) is 3.02. The van der Waals surface area contributed by atoms with Crippen LogP contribution in [0.4, 0.5) is 0 Å². The largest absolute Gasteiger partial charge is 0.463 e. The van der Waals surface area contributed by atoms with Gasteiger partial charge in [-0.2, -0.15) is 0 Å². The molecule has 0 aliphatic rings. The first kappa shape index (κ1) is 42.9. The second-order valence-electron chi connectivity index (χ2n) is 13.4. The van der Waals surface area contributed by atoms with Gasteiger partial charge in [-0.1, -0.05) is 194 Å². The molecule has 5 heteroatoms. The van der Waals surface area contributed by atoms with Gasteiger partial charge in [0.25, 0.3) is 0 Å². The third kappa shape index (κ3) is 35.4. The summed E-state index contributed by atoms with van der Waals surface area (Å²) in [7, 11) is 0. The molecule has 0 radical (unpaired) electrons. The number of carbonyl (C=O) groups is 2. The summed E-state index contributed by atoms with van der Waals surface area (Å²) in [5, 5.41) is 9.90. The Labute approximate surface area is 274 Å². The van der Waals surface area contributed by atoms with Crippen molar-refractivity contribution in [2.75, 3.05) is 13.2 Å². The van der Waals surface area contributed by atoms with Crippen LogP contribution in [0.25, 0.3) is 0 Å². The fourth-order valence-electron chi connectivity index (χ4n) is 5.85. The molecule has 0 bridgehead atoms. The van der Waals surface area contributed by atoms with Crippen molar-refractivity contribution in [2.24, 2.45) is 0 Å². The summed E-state index contributed by atoms with van der Waals surface area (Å²) >= 11 is 0. The van der Waals surface area contributed by atoms with E-state index in [4.69, 9.17) is 9.47 Å². The van der Waals surface area contributed by atoms with Gasteiger partial charge in [0.1, 0.15) is 19.3 Å². The van der Waals surface area contributed by atoms with E-state index >= 15 is 0 Å². The van der Waals surface area contributed by atoms with Gasteiger partial charge in [-0.25, -0.2) is 0 Å². The summed E-state index contributed by atoms with van der Waals surface area (Å²) in [5.74, 6) is -0.567. The molecule has 5 nitrogen and oxygen atoms in total. The molecule has 0 fully saturated rings. The van der Waals surface area contributed by atoms with E-state index in [1.165, 1.54) is 161 Å². The molecule has 0 saturated carbocycles. The predicted octanol–water partition coefficient (Wildman–Crippen LogP) is 12.0. The SMILES string of the molecule is CCCCCCCCCCCCCCCCCCCCCCCCCCCC(=O)OCC(O)COC(=O)CCCCCCC. The minimum absolute atomic E-state index is 0.109. The molecular formula is C39H76O5. The molecule has 0 aliphatic heterocycles. The van der Waals surface area contributed by atoms with Crippen LogP contribution in [0.2, 0.25) is 0 Å². The van der Waals surface area contributed by atoms with E-state index in [1.807, 2.05) is 0 Å². The maximum Gasteiger partial charge on any atom is 0.305 e. The number of esters is 2. The second kappa shape index (κ2) is 36.4. The van der Waals surface area contributed by atoms with Crippen LogP contribution in [-0.4, -0.2) is 36.4 Å². The number of hydrogen-bond acceptors (Lipinski definition) is 5. The lowest BCUT2D eigenvalue weighted by atomic mass is 10.0. The summed E-state index contributed by atoms with van der Waals surface area (Å²) in [6.45, 7) is 4.23. The lowest BCUT2D eigenvalue weighted by Gasteiger charge is -2.12. The van der Waals surface area contributed by atoms with Crippen molar-refractivity contribution in [2.45, 2.75) is 225 Å². The van der Waals surface area contributed by atoms with Crippen LogP contribution in [-0.2, 0) is 19.1 Å². The number of aliphatic hydroxyl groups excluding tert-OH is 1. The standard InChI is InChI=1S/C39H76O5/c1-3-5-7-9-10-11-12-13-14-15-16-17-18-19-20-21-22-23-24-25-26-27-28-30-32-34-39(42)44-36-37(40)35-43-38(41)33-31-29-8-6-4-2/h37,40H,3-36H2,1-2H3. The van der Waals surface area contributed by atoms with Crippen molar-refractivity contribution >= 4 is 11.9 Å². The molecule has 0 aliphatic carbocycles. The van der Waals surface area contributed by atoms with Crippen molar-refractivity contribution in [1.82, 2.24) is 0 Å². The highest BCUT2D eigenvalue weighted by Crippen LogP contribution is 2.16. The van der Waals surface area contributed by atoms with E-state index in [9.17, 15) is 14.7 Å². The maximum atomic E-state index is 11.9. The Morgan fingerprint density at radius 2 is 0.591 bits per heavy atom. The quantitative estimate of drug-likeness (QED) is 0.0554. The molecule has 0 aromatic rings. The van der Waals surface area contributed by atoms with Crippen molar-refractivity contribution in [3.63, 3.8) is 0 Å². The minimum atomic E-state index is -0.952. The number of rotatable bonds is 36. The Hall–Kier alpha value is -1.10. The van der Waals surface area contributed by atoms with Crippen LogP contribution in [0.5, 0.6) is 0 Å². The number of ether oxygens (including phenoxy) is 2. The smallest absolute Gasteiger partial charge is 0.305 e. The van der Waals surface area contributed by atoms with Gasteiger partial charge in [-0.3, -0.25) is 9.59 Å². The molecule has 262 valence electrons. The third-order valence-corrected chi connectivity index (χ3v) is 8.84. The minimum Gasteiger partial charge on any atom is -0.463 e. The van der Waals surface area contributed by atoms with Crippen molar-refractivity contribution < 1.29 is 24.2 Å². The van der Waals surface area contributed by atoms with Crippen molar-refractivity contribution in [3.05, 3.63) is 0 Å². The normalized spacial score (nSPS) is 12.0. The first-order valence-electron chi connectivity index (χ1n) is 19.6. The highest BCUT2D eigenvalue weighted by Gasteiger charge is 2.12. The Kier molecular flexibility index (Phi) is 35.5. The lowest BCUT2D eigenvalue weighted by molar-refractivity contribution is -0.152. The summed E-state index contributed by atoms with van der Waals surface area (Å²) in [4.78, 5) is 23.6. The zero-order valence-corrected chi connectivity index (χ0v) is 29.7. The number of unbranched alkanes of at least 4 members (excludes halogenated alkanes) is 28. The van der Waals surface area contributed by atoms with Gasteiger partial charge < -0.3 is 14.6 Å². The number of hydrogen-bond donors (Lipinski definition) is 1. The molecule has 0 heterocycles. The van der Waals surface area contributed by atoms with E-state index in [2.05, 4.69) is 13.8 Å². The molecule has 0 amide bonds. The Balaban J connectivity index is 3.27. The molecule has 0 rings (SSSR count).